The number of carbonyl (C=O) groups excluding carboxylic acids is 1. The predicted octanol–water partition coefficient (Wildman–Crippen LogP) is 4.95. The minimum atomic E-state index is -0.0509. The average molecular weight is 474 g/mol. The van der Waals surface area contributed by atoms with Gasteiger partial charge in [0.05, 0.1) is 20.3 Å². The van der Waals surface area contributed by atoms with E-state index in [0.29, 0.717) is 11.6 Å². The van der Waals surface area contributed by atoms with Crippen LogP contribution in [-0.2, 0) is 6.54 Å². The molecule has 0 aliphatic carbocycles. The third kappa shape index (κ3) is 6.55. The molecule has 6 heteroatoms. The number of benzene rings is 3. The lowest BCUT2D eigenvalue weighted by molar-refractivity contribution is 0.0940. The molecular formula is C29H35N3O3. The van der Waals surface area contributed by atoms with Crippen LogP contribution < -0.4 is 25.0 Å². The smallest absolute Gasteiger partial charge is 0.251 e. The van der Waals surface area contributed by atoms with E-state index in [9.17, 15) is 4.79 Å². The van der Waals surface area contributed by atoms with Crippen LogP contribution in [0.3, 0.4) is 0 Å². The molecule has 1 amide bonds. The van der Waals surface area contributed by atoms with Crippen molar-refractivity contribution in [2.45, 2.75) is 38.4 Å². The fraction of sp³-hybridized carbons (Fsp3) is 0.345. The summed E-state index contributed by atoms with van der Waals surface area (Å²) < 4.78 is 10.7. The van der Waals surface area contributed by atoms with Crippen molar-refractivity contribution in [2.24, 2.45) is 0 Å². The second kappa shape index (κ2) is 11.8. The molecule has 184 valence electrons. The third-order valence-electron chi connectivity index (χ3n) is 6.64. The molecule has 0 saturated carbocycles. The van der Waals surface area contributed by atoms with Gasteiger partial charge < -0.3 is 25.0 Å². The van der Waals surface area contributed by atoms with Crippen molar-refractivity contribution in [1.82, 2.24) is 10.6 Å². The van der Waals surface area contributed by atoms with Crippen LogP contribution in [0.5, 0.6) is 11.5 Å². The number of carbonyl (C=O) groups is 1. The van der Waals surface area contributed by atoms with Gasteiger partial charge in [0.25, 0.3) is 5.91 Å². The highest BCUT2D eigenvalue weighted by atomic mass is 16.5. The van der Waals surface area contributed by atoms with Gasteiger partial charge in [0.2, 0.25) is 0 Å². The first-order valence-corrected chi connectivity index (χ1v) is 12.2. The summed E-state index contributed by atoms with van der Waals surface area (Å²) >= 11 is 0. The summed E-state index contributed by atoms with van der Waals surface area (Å²) in [4.78, 5) is 15.1. The minimum Gasteiger partial charge on any atom is -0.497 e. The van der Waals surface area contributed by atoms with Crippen molar-refractivity contribution >= 4 is 11.6 Å². The molecular weight excluding hydrogens is 438 g/mol. The molecule has 1 fully saturated rings. The zero-order chi connectivity index (χ0) is 24.6. The zero-order valence-corrected chi connectivity index (χ0v) is 20.8. The lowest BCUT2D eigenvalue weighted by Crippen LogP contribution is -2.42. The SMILES string of the molecule is COc1cc(CNC2CCN(c3ccc(C(=O)N[C@@H](C)c4ccccc4)cc3)CC2)cc(OC)c1. The Morgan fingerprint density at radius 2 is 1.57 bits per heavy atom. The lowest BCUT2D eigenvalue weighted by atomic mass is 10.0. The summed E-state index contributed by atoms with van der Waals surface area (Å²) in [6, 6.07) is 24.4. The van der Waals surface area contributed by atoms with Gasteiger partial charge in [-0.3, -0.25) is 4.79 Å². The summed E-state index contributed by atoms with van der Waals surface area (Å²) in [7, 11) is 3.35. The van der Waals surface area contributed by atoms with E-state index in [-0.39, 0.29) is 11.9 Å². The second-order valence-corrected chi connectivity index (χ2v) is 9.02. The molecule has 35 heavy (non-hydrogen) atoms. The van der Waals surface area contributed by atoms with Crippen molar-refractivity contribution in [1.29, 1.82) is 0 Å². The Balaban J connectivity index is 1.26. The maximum Gasteiger partial charge on any atom is 0.251 e. The monoisotopic (exact) mass is 473 g/mol. The molecule has 0 aromatic heterocycles. The topological polar surface area (TPSA) is 62.8 Å². The van der Waals surface area contributed by atoms with Crippen LogP contribution in [-0.4, -0.2) is 39.3 Å². The predicted molar refractivity (Wildman–Crippen MR) is 140 cm³/mol. The number of rotatable bonds is 9. The van der Waals surface area contributed by atoms with E-state index < -0.39 is 0 Å². The van der Waals surface area contributed by atoms with E-state index >= 15 is 0 Å². The summed E-state index contributed by atoms with van der Waals surface area (Å²) in [6.45, 7) is 4.75. The third-order valence-corrected chi connectivity index (χ3v) is 6.64. The molecule has 0 bridgehead atoms. The van der Waals surface area contributed by atoms with Crippen LogP contribution in [0.25, 0.3) is 0 Å². The van der Waals surface area contributed by atoms with Gasteiger partial charge >= 0.3 is 0 Å². The number of anilines is 1. The maximum absolute atomic E-state index is 12.7. The number of nitrogens with one attached hydrogen (secondary N) is 2. The van der Waals surface area contributed by atoms with Crippen LogP contribution in [0.4, 0.5) is 5.69 Å². The van der Waals surface area contributed by atoms with Crippen molar-refractivity contribution in [2.75, 3.05) is 32.2 Å². The molecule has 1 aliphatic rings. The molecule has 4 rings (SSSR count). The number of amides is 1. The van der Waals surface area contributed by atoms with Crippen LogP contribution >= 0.6 is 0 Å². The number of methoxy groups -OCH3 is 2. The van der Waals surface area contributed by atoms with Gasteiger partial charge in [0.15, 0.2) is 0 Å². The highest BCUT2D eigenvalue weighted by Gasteiger charge is 2.20. The van der Waals surface area contributed by atoms with Gasteiger partial charge in [-0.1, -0.05) is 30.3 Å². The van der Waals surface area contributed by atoms with Crippen LogP contribution in [0.2, 0.25) is 0 Å². The van der Waals surface area contributed by atoms with Crippen molar-refractivity contribution in [3.05, 3.63) is 89.5 Å². The maximum atomic E-state index is 12.7. The van der Waals surface area contributed by atoms with E-state index in [1.165, 1.54) is 0 Å². The minimum absolute atomic E-state index is 0.0343. The summed E-state index contributed by atoms with van der Waals surface area (Å²) in [5.41, 5.74) is 4.09. The van der Waals surface area contributed by atoms with Gasteiger partial charge in [0, 0.05) is 43.0 Å². The molecule has 6 nitrogen and oxygen atoms in total. The number of piperidine rings is 1. The first-order valence-electron chi connectivity index (χ1n) is 12.2. The fourth-order valence-corrected chi connectivity index (χ4v) is 4.50. The second-order valence-electron chi connectivity index (χ2n) is 9.02. The largest absolute Gasteiger partial charge is 0.497 e. The van der Waals surface area contributed by atoms with Crippen LogP contribution in [0, 0.1) is 0 Å². The Labute approximate surface area is 208 Å². The van der Waals surface area contributed by atoms with Gasteiger partial charge in [-0.2, -0.15) is 0 Å². The molecule has 1 aliphatic heterocycles. The number of hydrogen-bond donors (Lipinski definition) is 2. The van der Waals surface area contributed by atoms with E-state index in [4.69, 9.17) is 9.47 Å². The Bertz CT molecular complexity index is 1070. The number of nitrogens with zero attached hydrogens (tertiary/aromatic N) is 1. The summed E-state index contributed by atoms with van der Waals surface area (Å²) in [6.07, 6.45) is 2.13. The van der Waals surface area contributed by atoms with Gasteiger partial charge in [-0.15, -0.1) is 0 Å². The summed E-state index contributed by atoms with van der Waals surface area (Å²) in [5, 5.41) is 6.76. The van der Waals surface area contributed by atoms with Gasteiger partial charge in [-0.25, -0.2) is 0 Å². The number of hydrogen-bond acceptors (Lipinski definition) is 5. The molecule has 3 aromatic carbocycles. The van der Waals surface area contributed by atoms with E-state index in [1.807, 2.05) is 67.6 Å². The summed E-state index contributed by atoms with van der Waals surface area (Å²) in [5.74, 6) is 1.57. The van der Waals surface area contributed by atoms with Crippen LogP contribution in [0.15, 0.2) is 72.8 Å². The Hall–Kier alpha value is -3.51. The van der Waals surface area contributed by atoms with E-state index in [0.717, 1.165) is 60.8 Å². The van der Waals surface area contributed by atoms with Gasteiger partial charge in [-0.05, 0) is 67.3 Å². The standard InChI is InChI=1S/C29H35N3O3/c1-21(23-7-5-4-6-8-23)31-29(33)24-9-11-26(12-10-24)32-15-13-25(14-16-32)30-20-22-17-27(34-2)19-28(18-22)35-3/h4-12,17-19,21,25,30H,13-16,20H2,1-3H3,(H,31,33)/t21-/m0/s1. The average Bonchev–Trinajstić information content (AvgIpc) is 2.92. The molecule has 0 radical (unpaired) electrons. The van der Waals surface area contributed by atoms with Crippen molar-refractivity contribution < 1.29 is 14.3 Å². The quantitative estimate of drug-likeness (QED) is 0.460. The fourth-order valence-electron chi connectivity index (χ4n) is 4.50. The highest BCUT2D eigenvalue weighted by Crippen LogP contribution is 2.24. The molecule has 3 aromatic rings. The molecule has 0 spiro atoms. The van der Waals surface area contributed by atoms with E-state index in [2.05, 4.69) is 27.7 Å². The number of ether oxygens (including phenoxy) is 2. The highest BCUT2D eigenvalue weighted by molar-refractivity contribution is 5.94. The van der Waals surface area contributed by atoms with Gasteiger partial charge in [0.1, 0.15) is 11.5 Å². The molecule has 1 saturated heterocycles. The van der Waals surface area contributed by atoms with Crippen molar-refractivity contribution in [3.63, 3.8) is 0 Å². The molecule has 1 atom stereocenters. The lowest BCUT2D eigenvalue weighted by Gasteiger charge is -2.34. The first-order chi connectivity index (χ1) is 17.1. The molecule has 2 N–H and O–H groups in total. The first kappa shape index (κ1) is 24.6. The molecule has 0 unspecified atom stereocenters. The Morgan fingerprint density at radius 3 is 2.17 bits per heavy atom. The van der Waals surface area contributed by atoms with E-state index in [1.54, 1.807) is 14.2 Å². The molecule has 1 heterocycles. The normalized spacial score (nSPS) is 14.9. The zero-order valence-electron chi connectivity index (χ0n) is 20.8. The van der Waals surface area contributed by atoms with Crippen molar-refractivity contribution in [3.8, 4) is 11.5 Å². The Kier molecular flexibility index (Phi) is 8.27. The Morgan fingerprint density at radius 1 is 0.943 bits per heavy atom. The van der Waals surface area contributed by atoms with Crippen LogP contribution in [0.1, 0.15) is 47.3 Å².